The Hall–Kier alpha value is -1.95. The van der Waals surface area contributed by atoms with Crippen LogP contribution in [0.4, 0.5) is 0 Å². The van der Waals surface area contributed by atoms with Crippen molar-refractivity contribution in [2.24, 2.45) is 0 Å². The Balaban J connectivity index is 1.78. The van der Waals surface area contributed by atoms with E-state index in [1.807, 2.05) is 0 Å². The van der Waals surface area contributed by atoms with E-state index in [2.05, 4.69) is 4.98 Å². The van der Waals surface area contributed by atoms with E-state index < -0.39 is 5.97 Å². The Labute approximate surface area is 122 Å². The molecule has 0 aromatic carbocycles. The van der Waals surface area contributed by atoms with Crippen molar-refractivity contribution in [1.82, 2.24) is 9.88 Å². The zero-order valence-corrected chi connectivity index (χ0v) is 11.7. The fourth-order valence-electron chi connectivity index (χ4n) is 3.20. The lowest BCUT2D eigenvalue weighted by Gasteiger charge is -2.40. The van der Waals surface area contributed by atoms with Crippen LogP contribution in [-0.2, 0) is 4.74 Å². The summed E-state index contributed by atoms with van der Waals surface area (Å²) in [6.45, 7) is 1.69. The largest absolute Gasteiger partial charge is 0.477 e. The second kappa shape index (κ2) is 5.44. The number of hydrogen-bond acceptors (Lipinski definition) is 4. The van der Waals surface area contributed by atoms with E-state index in [4.69, 9.17) is 9.84 Å². The van der Waals surface area contributed by atoms with Crippen molar-refractivity contribution < 1.29 is 19.4 Å². The van der Waals surface area contributed by atoms with Gasteiger partial charge in [0, 0.05) is 18.3 Å². The van der Waals surface area contributed by atoms with Crippen molar-refractivity contribution in [1.29, 1.82) is 0 Å². The molecule has 0 atom stereocenters. The molecule has 1 amide bonds. The number of nitrogens with zero attached hydrogens (tertiary/aromatic N) is 2. The van der Waals surface area contributed by atoms with E-state index in [0.717, 1.165) is 25.7 Å². The summed E-state index contributed by atoms with van der Waals surface area (Å²) < 4.78 is 5.90. The molecule has 3 rings (SSSR count). The zero-order chi connectivity index (χ0) is 14.9. The summed E-state index contributed by atoms with van der Waals surface area (Å²) in [5, 5.41) is 8.96. The highest BCUT2D eigenvalue weighted by Gasteiger charge is 2.40. The van der Waals surface area contributed by atoms with Crippen LogP contribution in [0.1, 0.15) is 46.5 Å². The van der Waals surface area contributed by atoms with Gasteiger partial charge < -0.3 is 14.7 Å². The molecule has 0 bridgehead atoms. The molecule has 0 radical (unpaired) electrons. The molecule has 21 heavy (non-hydrogen) atoms. The second-order valence-corrected chi connectivity index (χ2v) is 5.70. The summed E-state index contributed by atoms with van der Waals surface area (Å²) in [5.74, 6) is -1.27. The molecule has 112 valence electrons. The lowest BCUT2D eigenvalue weighted by molar-refractivity contribution is -0.0948. The van der Waals surface area contributed by atoms with Crippen molar-refractivity contribution in [2.45, 2.75) is 31.3 Å². The highest BCUT2D eigenvalue weighted by atomic mass is 16.5. The van der Waals surface area contributed by atoms with Crippen molar-refractivity contribution in [3.8, 4) is 0 Å². The van der Waals surface area contributed by atoms with Gasteiger partial charge >= 0.3 is 5.97 Å². The molecular formula is C15H18N2O4. The van der Waals surface area contributed by atoms with E-state index in [-0.39, 0.29) is 17.2 Å². The topological polar surface area (TPSA) is 79.7 Å². The molecule has 1 saturated carbocycles. The highest BCUT2D eigenvalue weighted by Crippen LogP contribution is 2.36. The number of carbonyl (C=O) groups is 2. The summed E-state index contributed by atoms with van der Waals surface area (Å²) in [7, 11) is 0. The quantitative estimate of drug-likeness (QED) is 0.894. The number of hydrogen-bond donors (Lipinski definition) is 1. The maximum absolute atomic E-state index is 12.6. The van der Waals surface area contributed by atoms with Crippen molar-refractivity contribution in [3.63, 3.8) is 0 Å². The smallest absolute Gasteiger partial charge is 0.354 e. The van der Waals surface area contributed by atoms with Gasteiger partial charge in [-0.15, -0.1) is 0 Å². The Kier molecular flexibility index (Phi) is 3.63. The van der Waals surface area contributed by atoms with E-state index in [0.29, 0.717) is 25.3 Å². The Morgan fingerprint density at radius 2 is 2.10 bits per heavy atom. The molecule has 1 aliphatic carbocycles. The lowest BCUT2D eigenvalue weighted by Crippen LogP contribution is -2.52. The third-order valence-corrected chi connectivity index (χ3v) is 4.28. The minimum Gasteiger partial charge on any atom is -0.477 e. The number of carboxylic acid groups (broad SMARTS) is 1. The second-order valence-electron chi connectivity index (χ2n) is 5.70. The van der Waals surface area contributed by atoms with E-state index in [9.17, 15) is 9.59 Å². The van der Waals surface area contributed by atoms with Crippen LogP contribution in [0.2, 0.25) is 0 Å². The zero-order valence-electron chi connectivity index (χ0n) is 11.7. The summed E-state index contributed by atoms with van der Waals surface area (Å²) in [6, 6.07) is 2.90. The first-order chi connectivity index (χ1) is 10.1. The van der Waals surface area contributed by atoms with Crippen molar-refractivity contribution in [2.75, 3.05) is 19.7 Å². The first-order valence-electron chi connectivity index (χ1n) is 7.22. The van der Waals surface area contributed by atoms with Crippen LogP contribution in [0, 0.1) is 0 Å². The average molecular weight is 290 g/mol. The van der Waals surface area contributed by atoms with Crippen LogP contribution in [0.25, 0.3) is 0 Å². The third-order valence-electron chi connectivity index (χ3n) is 4.28. The highest BCUT2D eigenvalue weighted by molar-refractivity contribution is 5.96. The fraction of sp³-hybridized carbons (Fsp3) is 0.533. The number of morpholine rings is 1. The molecule has 0 unspecified atom stereocenters. The summed E-state index contributed by atoms with van der Waals surface area (Å²) in [4.78, 5) is 29.0. The molecule has 2 heterocycles. The van der Waals surface area contributed by atoms with Gasteiger partial charge in [-0.1, -0.05) is 12.8 Å². The number of ether oxygens (including phenoxy) is 1. The van der Waals surface area contributed by atoms with Gasteiger partial charge in [-0.3, -0.25) is 4.79 Å². The molecule has 2 aliphatic rings. The number of amides is 1. The van der Waals surface area contributed by atoms with E-state index in [1.54, 1.807) is 11.0 Å². The lowest BCUT2D eigenvalue weighted by atomic mass is 9.99. The molecule has 1 aliphatic heterocycles. The van der Waals surface area contributed by atoms with Gasteiger partial charge in [0.05, 0.1) is 18.8 Å². The molecule has 1 aromatic rings. The predicted molar refractivity (Wildman–Crippen MR) is 74.3 cm³/mol. The van der Waals surface area contributed by atoms with Crippen LogP contribution < -0.4 is 0 Å². The summed E-state index contributed by atoms with van der Waals surface area (Å²) in [6.07, 6.45) is 5.63. The molecule has 6 nitrogen and oxygen atoms in total. The maximum atomic E-state index is 12.6. The van der Waals surface area contributed by atoms with Gasteiger partial charge in [-0.05, 0) is 25.0 Å². The van der Waals surface area contributed by atoms with Gasteiger partial charge in [0.2, 0.25) is 0 Å². The Morgan fingerprint density at radius 3 is 2.81 bits per heavy atom. The monoisotopic (exact) mass is 290 g/mol. The van der Waals surface area contributed by atoms with Gasteiger partial charge in [0.1, 0.15) is 5.69 Å². The predicted octanol–water partition coefficient (Wildman–Crippen LogP) is 1.56. The number of aromatic nitrogens is 1. The number of carboxylic acids is 1. The van der Waals surface area contributed by atoms with Crippen molar-refractivity contribution >= 4 is 11.9 Å². The van der Waals surface area contributed by atoms with Crippen LogP contribution in [0.5, 0.6) is 0 Å². The normalized spacial score (nSPS) is 20.7. The molecule has 6 heteroatoms. The molecule has 1 aromatic heterocycles. The third kappa shape index (κ3) is 2.76. The molecular weight excluding hydrogens is 272 g/mol. The van der Waals surface area contributed by atoms with Crippen LogP contribution in [0.15, 0.2) is 18.3 Å². The average Bonchev–Trinajstić information content (AvgIpc) is 2.94. The number of rotatable bonds is 2. The summed E-state index contributed by atoms with van der Waals surface area (Å²) in [5.41, 5.74) is 0.0819. The SMILES string of the molecule is O=C(O)c1cc(C(=O)N2CCOC3(CCCC3)C2)ccn1. The molecule has 1 spiro atoms. The maximum Gasteiger partial charge on any atom is 0.354 e. The number of aromatic carboxylic acids is 1. The van der Waals surface area contributed by atoms with E-state index >= 15 is 0 Å². The van der Waals surface area contributed by atoms with Crippen LogP contribution in [-0.4, -0.2) is 52.2 Å². The standard InChI is InChI=1S/C15H18N2O4/c18-13(11-3-6-16-12(9-11)14(19)20)17-7-8-21-15(10-17)4-1-2-5-15/h3,6,9H,1-2,4-5,7-8,10H2,(H,19,20). The first kappa shape index (κ1) is 14.0. The van der Waals surface area contributed by atoms with Crippen LogP contribution >= 0.6 is 0 Å². The fourth-order valence-corrected chi connectivity index (χ4v) is 3.20. The molecule has 2 fully saturated rings. The summed E-state index contributed by atoms with van der Waals surface area (Å²) >= 11 is 0. The Morgan fingerprint density at radius 1 is 1.33 bits per heavy atom. The van der Waals surface area contributed by atoms with Gasteiger partial charge in [-0.2, -0.15) is 0 Å². The van der Waals surface area contributed by atoms with Crippen molar-refractivity contribution in [3.05, 3.63) is 29.6 Å². The molecule has 1 saturated heterocycles. The van der Waals surface area contributed by atoms with Gasteiger partial charge in [0.15, 0.2) is 0 Å². The van der Waals surface area contributed by atoms with Gasteiger partial charge in [-0.25, -0.2) is 9.78 Å². The van der Waals surface area contributed by atoms with Crippen LogP contribution in [0.3, 0.4) is 0 Å². The minimum absolute atomic E-state index is 0.107. The first-order valence-corrected chi connectivity index (χ1v) is 7.22. The Bertz CT molecular complexity index is 567. The van der Waals surface area contributed by atoms with E-state index in [1.165, 1.54) is 12.3 Å². The minimum atomic E-state index is -1.13. The number of pyridine rings is 1. The number of carbonyl (C=O) groups excluding carboxylic acids is 1. The molecule has 1 N–H and O–H groups in total. The van der Waals surface area contributed by atoms with Gasteiger partial charge in [0.25, 0.3) is 5.91 Å².